The van der Waals surface area contributed by atoms with Gasteiger partial charge >= 0.3 is 6.09 Å². The normalized spacial score (nSPS) is 28.7. The minimum absolute atomic E-state index is 0.177. The molecular weight excluding hydrogens is 254 g/mol. The summed E-state index contributed by atoms with van der Waals surface area (Å²) in [6.07, 6.45) is 3.52. The molecule has 116 valence electrons. The van der Waals surface area contributed by atoms with E-state index in [1.807, 2.05) is 25.7 Å². The molecule has 0 aromatic rings. The smallest absolute Gasteiger partial charge is 0.410 e. The van der Waals surface area contributed by atoms with Gasteiger partial charge in [0.15, 0.2) is 0 Å². The van der Waals surface area contributed by atoms with Gasteiger partial charge in [0, 0.05) is 31.7 Å². The van der Waals surface area contributed by atoms with Gasteiger partial charge in [0.2, 0.25) is 0 Å². The van der Waals surface area contributed by atoms with E-state index in [1.54, 1.807) is 0 Å². The second-order valence-corrected chi connectivity index (χ2v) is 7.09. The molecule has 1 amide bonds. The third kappa shape index (κ3) is 4.35. The molecule has 0 radical (unpaired) electrons. The fourth-order valence-electron chi connectivity index (χ4n) is 3.08. The van der Waals surface area contributed by atoms with Gasteiger partial charge in [-0.25, -0.2) is 4.79 Å². The summed E-state index contributed by atoms with van der Waals surface area (Å²) in [6.45, 7) is 9.31. The lowest BCUT2D eigenvalue weighted by Gasteiger charge is -2.36. The molecule has 0 spiro atoms. The number of carbonyl (C=O) groups is 1. The number of hydrogen-bond donors (Lipinski definition) is 1. The van der Waals surface area contributed by atoms with Crippen molar-refractivity contribution in [3.8, 4) is 0 Å². The molecule has 0 saturated carbocycles. The molecule has 2 aliphatic rings. The summed E-state index contributed by atoms with van der Waals surface area (Å²) in [7, 11) is 2.20. The van der Waals surface area contributed by atoms with E-state index in [2.05, 4.69) is 17.3 Å². The summed E-state index contributed by atoms with van der Waals surface area (Å²) in [5, 5.41) is 3.54. The van der Waals surface area contributed by atoms with Crippen molar-refractivity contribution in [2.24, 2.45) is 0 Å². The molecule has 0 aromatic carbocycles. The van der Waals surface area contributed by atoms with Crippen LogP contribution in [0.2, 0.25) is 0 Å². The molecule has 0 aromatic heterocycles. The lowest BCUT2D eigenvalue weighted by molar-refractivity contribution is 0.0185. The predicted molar refractivity (Wildman–Crippen MR) is 79.9 cm³/mol. The molecular formula is C15H29N3O2. The van der Waals surface area contributed by atoms with E-state index in [4.69, 9.17) is 4.74 Å². The molecule has 2 rings (SSSR count). The zero-order chi connectivity index (χ0) is 14.8. The van der Waals surface area contributed by atoms with Crippen molar-refractivity contribution in [3.63, 3.8) is 0 Å². The lowest BCUT2D eigenvalue weighted by atomic mass is 10.0. The van der Waals surface area contributed by atoms with Crippen molar-refractivity contribution in [1.82, 2.24) is 15.1 Å². The number of carbonyl (C=O) groups excluding carboxylic acids is 1. The Morgan fingerprint density at radius 2 is 2.10 bits per heavy atom. The molecule has 0 aliphatic carbocycles. The molecule has 2 atom stereocenters. The highest BCUT2D eigenvalue weighted by atomic mass is 16.6. The zero-order valence-corrected chi connectivity index (χ0v) is 13.3. The standard InChI is InChI=1S/C15H29N3O2/c1-15(2,3)20-14(19)18-9-7-16-12(11-18)10-13-6-5-8-17(13)4/h12-13,16H,5-11H2,1-4H3. The average molecular weight is 283 g/mol. The summed E-state index contributed by atoms with van der Waals surface area (Å²) in [6, 6.07) is 1.05. The van der Waals surface area contributed by atoms with E-state index in [0.29, 0.717) is 12.1 Å². The molecule has 2 fully saturated rings. The van der Waals surface area contributed by atoms with E-state index < -0.39 is 5.60 Å². The van der Waals surface area contributed by atoms with Crippen LogP contribution in [-0.4, -0.2) is 66.8 Å². The van der Waals surface area contributed by atoms with Crippen molar-refractivity contribution in [2.75, 3.05) is 33.2 Å². The zero-order valence-electron chi connectivity index (χ0n) is 13.3. The van der Waals surface area contributed by atoms with Crippen molar-refractivity contribution >= 4 is 6.09 Å². The number of nitrogens with one attached hydrogen (secondary N) is 1. The third-order valence-electron chi connectivity index (χ3n) is 4.14. The molecule has 20 heavy (non-hydrogen) atoms. The second-order valence-electron chi connectivity index (χ2n) is 7.09. The number of ether oxygens (including phenoxy) is 1. The fraction of sp³-hybridized carbons (Fsp3) is 0.933. The van der Waals surface area contributed by atoms with Gasteiger partial charge in [0.25, 0.3) is 0 Å². The molecule has 5 nitrogen and oxygen atoms in total. The third-order valence-corrected chi connectivity index (χ3v) is 4.14. The van der Waals surface area contributed by atoms with Crippen LogP contribution in [0.4, 0.5) is 4.79 Å². The van der Waals surface area contributed by atoms with E-state index in [9.17, 15) is 4.79 Å². The van der Waals surface area contributed by atoms with Gasteiger partial charge in [-0.2, -0.15) is 0 Å². The van der Waals surface area contributed by atoms with E-state index in [1.165, 1.54) is 19.4 Å². The number of likely N-dealkylation sites (tertiary alicyclic amines) is 1. The number of amides is 1. The topological polar surface area (TPSA) is 44.8 Å². The highest BCUT2D eigenvalue weighted by Crippen LogP contribution is 2.21. The quantitative estimate of drug-likeness (QED) is 0.837. The first-order valence-corrected chi connectivity index (χ1v) is 7.77. The SMILES string of the molecule is CN1CCCC1CC1CN(C(=O)OC(C)(C)C)CCN1. The molecule has 1 N–H and O–H groups in total. The van der Waals surface area contributed by atoms with Crippen LogP contribution in [0.15, 0.2) is 0 Å². The molecule has 0 bridgehead atoms. The Labute approximate surface area is 122 Å². The Morgan fingerprint density at radius 3 is 2.70 bits per heavy atom. The van der Waals surface area contributed by atoms with Crippen LogP contribution in [0.5, 0.6) is 0 Å². The van der Waals surface area contributed by atoms with Gasteiger partial charge in [-0.05, 0) is 53.6 Å². The molecule has 2 aliphatic heterocycles. The van der Waals surface area contributed by atoms with E-state index >= 15 is 0 Å². The molecule has 2 unspecified atom stereocenters. The van der Waals surface area contributed by atoms with Gasteiger partial charge in [-0.1, -0.05) is 0 Å². The van der Waals surface area contributed by atoms with Crippen molar-refractivity contribution in [2.45, 2.75) is 57.7 Å². The molecule has 2 saturated heterocycles. The largest absolute Gasteiger partial charge is 0.444 e. The summed E-state index contributed by atoms with van der Waals surface area (Å²) in [4.78, 5) is 16.4. The Hall–Kier alpha value is -0.810. The van der Waals surface area contributed by atoms with Crippen LogP contribution in [-0.2, 0) is 4.74 Å². The number of rotatable bonds is 2. The van der Waals surface area contributed by atoms with Crippen LogP contribution < -0.4 is 5.32 Å². The maximum Gasteiger partial charge on any atom is 0.410 e. The van der Waals surface area contributed by atoms with Crippen LogP contribution in [0, 0.1) is 0 Å². The predicted octanol–water partition coefficient (Wildman–Crippen LogP) is 1.68. The first kappa shape index (κ1) is 15.6. The summed E-state index contributed by atoms with van der Waals surface area (Å²) >= 11 is 0. The van der Waals surface area contributed by atoms with Gasteiger partial charge < -0.3 is 19.9 Å². The van der Waals surface area contributed by atoms with Gasteiger partial charge in [0.05, 0.1) is 0 Å². The van der Waals surface area contributed by atoms with Crippen LogP contribution in [0.1, 0.15) is 40.0 Å². The number of hydrogen-bond acceptors (Lipinski definition) is 4. The van der Waals surface area contributed by atoms with Crippen LogP contribution >= 0.6 is 0 Å². The highest BCUT2D eigenvalue weighted by Gasteiger charge is 2.30. The highest BCUT2D eigenvalue weighted by molar-refractivity contribution is 5.68. The first-order chi connectivity index (χ1) is 9.35. The van der Waals surface area contributed by atoms with Gasteiger partial charge in [-0.15, -0.1) is 0 Å². The Morgan fingerprint density at radius 1 is 1.35 bits per heavy atom. The van der Waals surface area contributed by atoms with Crippen molar-refractivity contribution in [1.29, 1.82) is 0 Å². The molecule has 5 heteroatoms. The first-order valence-electron chi connectivity index (χ1n) is 7.77. The van der Waals surface area contributed by atoms with Crippen LogP contribution in [0.3, 0.4) is 0 Å². The van der Waals surface area contributed by atoms with Gasteiger partial charge in [0.1, 0.15) is 5.60 Å². The fourth-order valence-corrected chi connectivity index (χ4v) is 3.08. The Kier molecular flexibility index (Phi) is 4.91. The molecule has 2 heterocycles. The maximum atomic E-state index is 12.1. The summed E-state index contributed by atoms with van der Waals surface area (Å²) < 4.78 is 5.47. The lowest BCUT2D eigenvalue weighted by Crippen LogP contribution is -2.54. The van der Waals surface area contributed by atoms with Gasteiger partial charge in [-0.3, -0.25) is 0 Å². The average Bonchev–Trinajstić information content (AvgIpc) is 2.73. The Balaban J connectivity index is 1.83. The van der Waals surface area contributed by atoms with Crippen molar-refractivity contribution < 1.29 is 9.53 Å². The minimum Gasteiger partial charge on any atom is -0.444 e. The van der Waals surface area contributed by atoms with Crippen LogP contribution in [0.25, 0.3) is 0 Å². The Bertz CT molecular complexity index is 341. The van der Waals surface area contributed by atoms with E-state index in [0.717, 1.165) is 26.1 Å². The maximum absolute atomic E-state index is 12.1. The monoisotopic (exact) mass is 283 g/mol. The summed E-state index contributed by atoms with van der Waals surface area (Å²) in [5.41, 5.74) is -0.414. The van der Waals surface area contributed by atoms with Crippen molar-refractivity contribution in [3.05, 3.63) is 0 Å². The number of nitrogens with zero attached hydrogens (tertiary/aromatic N) is 2. The summed E-state index contributed by atoms with van der Waals surface area (Å²) in [5.74, 6) is 0. The second kappa shape index (κ2) is 6.31. The number of piperazine rings is 1. The minimum atomic E-state index is -0.414. The van der Waals surface area contributed by atoms with E-state index in [-0.39, 0.29) is 6.09 Å².